The van der Waals surface area contributed by atoms with Crippen molar-refractivity contribution in [2.75, 3.05) is 7.05 Å². The van der Waals surface area contributed by atoms with E-state index in [-0.39, 0.29) is 11.8 Å². The Kier molecular flexibility index (Phi) is 9.06. The first kappa shape index (κ1) is 22.8. The van der Waals surface area contributed by atoms with Gasteiger partial charge in [0.2, 0.25) is 5.91 Å². The van der Waals surface area contributed by atoms with Gasteiger partial charge in [-0.3, -0.25) is 9.59 Å². The third kappa shape index (κ3) is 6.31. The second kappa shape index (κ2) is 11.5. The van der Waals surface area contributed by atoms with Gasteiger partial charge in [0.15, 0.2) is 0 Å². The van der Waals surface area contributed by atoms with E-state index in [4.69, 9.17) is 0 Å². The molecule has 0 aliphatic heterocycles. The van der Waals surface area contributed by atoms with Crippen LogP contribution >= 0.6 is 0 Å². The molecule has 0 bridgehead atoms. The molecule has 1 amide bonds. The van der Waals surface area contributed by atoms with Crippen molar-refractivity contribution in [3.63, 3.8) is 0 Å². The summed E-state index contributed by atoms with van der Waals surface area (Å²) in [7, 11) is 2.01. The molecule has 3 aliphatic rings. The fraction of sp³-hybridized carbons (Fsp3) is 0.923. The standard InChI is InChI=1S/C26H45NO2/c1-3-20(21-10-6-4-7-11-21)16-19-25(28)22-14-17-24(18-15-22)27(2)26(29)23-12-8-5-9-13-23/h20-24H,3-19H2,1-2H3. The lowest BCUT2D eigenvalue weighted by Gasteiger charge is -2.37. The van der Waals surface area contributed by atoms with E-state index in [0.717, 1.165) is 63.2 Å². The van der Waals surface area contributed by atoms with Crippen LogP contribution in [-0.4, -0.2) is 29.7 Å². The summed E-state index contributed by atoms with van der Waals surface area (Å²) in [6, 6.07) is 0.360. The molecule has 0 spiro atoms. The van der Waals surface area contributed by atoms with Crippen molar-refractivity contribution >= 4 is 11.7 Å². The van der Waals surface area contributed by atoms with Crippen molar-refractivity contribution < 1.29 is 9.59 Å². The summed E-state index contributed by atoms with van der Waals surface area (Å²) in [5, 5.41) is 0. The Morgan fingerprint density at radius 1 is 0.793 bits per heavy atom. The highest BCUT2D eigenvalue weighted by Crippen LogP contribution is 2.36. The maximum absolute atomic E-state index is 12.9. The van der Waals surface area contributed by atoms with Crippen LogP contribution in [0.15, 0.2) is 0 Å². The number of ketones is 1. The Balaban J connectivity index is 1.40. The molecule has 0 N–H and O–H groups in total. The fourth-order valence-electron chi connectivity index (χ4n) is 6.51. The number of Topliss-reactive ketones (excluding diaryl/α,β-unsaturated/α-hetero) is 1. The third-order valence-electron chi connectivity index (χ3n) is 8.60. The molecule has 0 aromatic carbocycles. The van der Waals surface area contributed by atoms with Gasteiger partial charge in [-0.05, 0) is 56.8 Å². The Labute approximate surface area is 179 Å². The predicted molar refractivity (Wildman–Crippen MR) is 120 cm³/mol. The highest BCUT2D eigenvalue weighted by atomic mass is 16.2. The molecule has 3 rings (SSSR count). The lowest BCUT2D eigenvalue weighted by molar-refractivity contribution is -0.138. The first-order valence-corrected chi connectivity index (χ1v) is 12.9. The van der Waals surface area contributed by atoms with Crippen LogP contribution in [0.25, 0.3) is 0 Å². The minimum Gasteiger partial charge on any atom is -0.343 e. The molecule has 3 aliphatic carbocycles. The zero-order valence-corrected chi connectivity index (χ0v) is 19.2. The zero-order chi connectivity index (χ0) is 20.6. The Morgan fingerprint density at radius 3 is 1.97 bits per heavy atom. The number of nitrogens with zero attached hydrogens (tertiary/aromatic N) is 1. The van der Waals surface area contributed by atoms with E-state index < -0.39 is 0 Å². The van der Waals surface area contributed by atoms with E-state index in [1.54, 1.807) is 0 Å². The summed E-state index contributed by atoms with van der Waals surface area (Å²) in [6.45, 7) is 2.31. The van der Waals surface area contributed by atoms with Gasteiger partial charge in [0.1, 0.15) is 5.78 Å². The average molecular weight is 404 g/mol. The number of carbonyl (C=O) groups is 2. The molecular weight excluding hydrogens is 358 g/mol. The molecule has 3 heteroatoms. The lowest BCUT2D eigenvalue weighted by Crippen LogP contribution is -2.43. The fourth-order valence-corrected chi connectivity index (χ4v) is 6.51. The summed E-state index contributed by atoms with van der Waals surface area (Å²) < 4.78 is 0. The molecule has 0 saturated heterocycles. The minimum absolute atomic E-state index is 0.258. The summed E-state index contributed by atoms with van der Waals surface area (Å²) in [5.41, 5.74) is 0. The Bertz CT molecular complexity index is 511. The number of rotatable bonds is 8. The van der Waals surface area contributed by atoms with Crippen LogP contribution < -0.4 is 0 Å². The molecule has 29 heavy (non-hydrogen) atoms. The molecule has 1 unspecified atom stereocenters. The van der Waals surface area contributed by atoms with E-state index >= 15 is 0 Å². The van der Waals surface area contributed by atoms with Crippen LogP contribution in [0.4, 0.5) is 0 Å². The van der Waals surface area contributed by atoms with Crippen molar-refractivity contribution in [3.05, 3.63) is 0 Å². The van der Waals surface area contributed by atoms with Crippen LogP contribution in [0, 0.1) is 23.7 Å². The average Bonchev–Trinajstić information content (AvgIpc) is 2.79. The van der Waals surface area contributed by atoms with E-state index in [1.165, 1.54) is 57.8 Å². The quantitative estimate of drug-likeness (QED) is 0.461. The minimum atomic E-state index is 0.258. The van der Waals surface area contributed by atoms with Crippen LogP contribution in [0.1, 0.15) is 116 Å². The Morgan fingerprint density at radius 2 is 1.38 bits per heavy atom. The van der Waals surface area contributed by atoms with Crippen molar-refractivity contribution in [2.45, 2.75) is 122 Å². The molecular formula is C26H45NO2. The molecule has 3 fully saturated rings. The Hall–Kier alpha value is -0.860. The first-order chi connectivity index (χ1) is 14.1. The molecule has 166 valence electrons. The molecule has 3 saturated carbocycles. The van der Waals surface area contributed by atoms with Crippen molar-refractivity contribution in [1.29, 1.82) is 0 Å². The van der Waals surface area contributed by atoms with Gasteiger partial charge < -0.3 is 4.90 Å². The van der Waals surface area contributed by atoms with Gasteiger partial charge in [0.25, 0.3) is 0 Å². The van der Waals surface area contributed by atoms with Gasteiger partial charge in [-0.1, -0.05) is 64.7 Å². The van der Waals surface area contributed by atoms with E-state index in [1.807, 2.05) is 11.9 Å². The SMILES string of the molecule is CCC(CCC(=O)C1CCC(N(C)C(=O)C2CCCCC2)CC1)C1CCCCC1. The van der Waals surface area contributed by atoms with Gasteiger partial charge in [0, 0.05) is 31.3 Å². The maximum Gasteiger partial charge on any atom is 0.225 e. The molecule has 0 radical (unpaired) electrons. The van der Waals surface area contributed by atoms with E-state index in [0.29, 0.717) is 17.7 Å². The normalized spacial score (nSPS) is 28.1. The largest absolute Gasteiger partial charge is 0.343 e. The molecule has 0 heterocycles. The van der Waals surface area contributed by atoms with Gasteiger partial charge in [-0.15, -0.1) is 0 Å². The lowest BCUT2D eigenvalue weighted by atomic mass is 9.75. The maximum atomic E-state index is 12.9. The van der Waals surface area contributed by atoms with Gasteiger partial charge >= 0.3 is 0 Å². The van der Waals surface area contributed by atoms with Crippen LogP contribution in [0.5, 0.6) is 0 Å². The second-order valence-electron chi connectivity index (χ2n) is 10.4. The van der Waals surface area contributed by atoms with Crippen molar-refractivity contribution in [2.24, 2.45) is 23.7 Å². The summed E-state index contributed by atoms with van der Waals surface area (Å²) in [6.07, 6.45) is 20.0. The van der Waals surface area contributed by atoms with Gasteiger partial charge in [0.05, 0.1) is 0 Å². The van der Waals surface area contributed by atoms with Gasteiger partial charge in [-0.2, -0.15) is 0 Å². The summed E-state index contributed by atoms with van der Waals surface area (Å²) >= 11 is 0. The molecule has 0 aromatic rings. The molecule has 1 atom stereocenters. The first-order valence-electron chi connectivity index (χ1n) is 12.9. The third-order valence-corrected chi connectivity index (χ3v) is 8.60. The summed E-state index contributed by atoms with van der Waals surface area (Å²) in [5.74, 6) is 3.04. The number of amides is 1. The number of carbonyl (C=O) groups excluding carboxylic acids is 2. The number of hydrogen-bond donors (Lipinski definition) is 0. The van der Waals surface area contributed by atoms with E-state index in [9.17, 15) is 9.59 Å². The molecule has 0 aromatic heterocycles. The zero-order valence-electron chi connectivity index (χ0n) is 19.2. The molecule has 3 nitrogen and oxygen atoms in total. The van der Waals surface area contributed by atoms with Crippen LogP contribution in [0.3, 0.4) is 0 Å². The van der Waals surface area contributed by atoms with Crippen molar-refractivity contribution in [3.8, 4) is 0 Å². The van der Waals surface area contributed by atoms with Crippen LogP contribution in [0.2, 0.25) is 0 Å². The van der Waals surface area contributed by atoms with E-state index in [2.05, 4.69) is 6.92 Å². The highest BCUT2D eigenvalue weighted by molar-refractivity contribution is 5.81. The monoisotopic (exact) mass is 403 g/mol. The number of hydrogen-bond acceptors (Lipinski definition) is 2. The highest BCUT2D eigenvalue weighted by Gasteiger charge is 2.33. The predicted octanol–water partition coefficient (Wildman–Crippen LogP) is 6.54. The van der Waals surface area contributed by atoms with Crippen LogP contribution in [-0.2, 0) is 9.59 Å². The topological polar surface area (TPSA) is 37.4 Å². The van der Waals surface area contributed by atoms with Gasteiger partial charge in [-0.25, -0.2) is 0 Å². The van der Waals surface area contributed by atoms with Crippen molar-refractivity contribution in [1.82, 2.24) is 4.90 Å². The summed E-state index contributed by atoms with van der Waals surface area (Å²) in [4.78, 5) is 27.8. The second-order valence-corrected chi connectivity index (χ2v) is 10.4. The smallest absolute Gasteiger partial charge is 0.225 e.